The molecule has 6 aromatic rings. The van der Waals surface area contributed by atoms with Crippen LogP contribution in [0.2, 0.25) is 0 Å². The molecule has 4 heterocycles. The van der Waals surface area contributed by atoms with Crippen molar-refractivity contribution in [2.24, 2.45) is 0 Å². The monoisotopic (exact) mass is 1550 g/mol. The second-order valence-electron chi connectivity index (χ2n) is 16.4. The second kappa shape index (κ2) is 54.3. The average Bonchev–Trinajstić information content (AvgIpc) is 2.47. The molecule has 0 saturated carbocycles. The minimum absolute atomic E-state index is 0. The Kier molecular flexibility index (Phi) is 52.0. The Labute approximate surface area is 567 Å². The van der Waals surface area contributed by atoms with Crippen LogP contribution in [-0.4, -0.2) is 92.8 Å². The molecule has 6 N–H and O–H groups in total. The van der Waals surface area contributed by atoms with Gasteiger partial charge in [0.25, 0.3) is 0 Å². The molecule has 2 aromatic heterocycles. The largest absolute Gasteiger partial charge is 2.00 e. The third-order valence-electron chi connectivity index (χ3n) is 10.3. The van der Waals surface area contributed by atoms with Gasteiger partial charge in [-0.25, -0.2) is 0 Å². The Morgan fingerprint density at radius 2 is 0.438 bits per heavy atom. The van der Waals surface area contributed by atoms with Crippen LogP contribution in [0.1, 0.15) is 45.0 Å². The number of ether oxygens (including phenoxy) is 4. The first kappa shape index (κ1) is 85.3. The molecule has 0 saturated heterocycles. The first-order chi connectivity index (χ1) is 41.2. The zero-order valence-electron chi connectivity index (χ0n) is 47.7. The number of pyridine rings is 2. The van der Waals surface area contributed by atoms with Gasteiger partial charge in [-0.05, 0) is 48.5 Å². The van der Waals surface area contributed by atoms with Crippen molar-refractivity contribution in [3.63, 3.8) is 0 Å². The van der Waals surface area contributed by atoms with E-state index < -0.39 is 30.5 Å². The van der Waals surface area contributed by atoms with Crippen molar-refractivity contribution in [2.75, 3.05) is 52.4 Å². The first-order valence-electron chi connectivity index (χ1n) is 25.0. The summed E-state index contributed by atoms with van der Waals surface area (Å²) < 4.78 is 24.4. The van der Waals surface area contributed by atoms with Gasteiger partial charge in [0, 0.05) is 101 Å². The van der Waals surface area contributed by atoms with Crippen molar-refractivity contribution in [1.82, 2.24) is 41.9 Å². The average molecular weight is 1550 g/mol. The summed E-state index contributed by atoms with van der Waals surface area (Å²) >= 11 is 0. The normalized spacial score (nSPS) is 12.9. The molecule has 0 aliphatic carbocycles. The molecule has 0 radical (unpaired) electrons. The first-order valence-corrected chi connectivity index (χ1v) is 25.0. The van der Waals surface area contributed by atoms with Gasteiger partial charge in [-0.3, -0.25) is 9.97 Å². The molecular weight excluding hydrogens is 1490 g/mol. The number of aromatic nitrogens is 2. The van der Waals surface area contributed by atoms with Gasteiger partial charge in [-0.1, -0.05) is 84.9 Å². The molecule has 36 nitrogen and oxygen atoms in total. The molecule has 2 aliphatic heterocycles. The number of nitrogens with one attached hydrogen (secondary N) is 6. The third kappa shape index (κ3) is 48.8. The second-order valence-corrected chi connectivity index (χ2v) is 16.4. The number of fused-ring (bicyclic) bond motifs is 8. The SMILES string of the molecule is O=[N+]([O-])[O-].O=[N+]([O-])[O-].O=[N+]([O-])[O-].O=[N+]([O-])[O-].O=[N+]([O-])[O-].O=[N+]([O-])[O-].[Cd+2].[Cd+2].[Cd+2].c1cc2nc(c1)COc1ccccc1CNCCNCCNCc1ccccc1OC2.c1cc2nc(c1)COc1ccccc1CNCCNCCNCc1ccccc1OC2. The predicted octanol–water partition coefficient (Wildman–Crippen LogP) is 4.60. The van der Waals surface area contributed by atoms with Gasteiger partial charge in [0.15, 0.2) is 0 Å². The van der Waals surface area contributed by atoms with Gasteiger partial charge in [0.05, 0.1) is 53.3 Å². The van der Waals surface area contributed by atoms with Crippen molar-refractivity contribution < 1.29 is 131 Å². The number of rotatable bonds is 0. The molecule has 2 aliphatic rings. The third-order valence-corrected chi connectivity index (χ3v) is 10.3. The van der Waals surface area contributed by atoms with Crippen molar-refractivity contribution in [2.45, 2.75) is 52.6 Å². The summed E-state index contributed by atoms with van der Waals surface area (Å²) in [5, 5.41) is 109. The Morgan fingerprint density at radius 3 is 0.629 bits per heavy atom. The smallest absolute Gasteiger partial charge is 0.487 e. The van der Waals surface area contributed by atoms with Crippen molar-refractivity contribution in [3.8, 4) is 23.0 Å². The number of benzene rings is 4. The molecule has 89 heavy (non-hydrogen) atoms. The number of para-hydroxylation sites is 4. The van der Waals surface area contributed by atoms with E-state index in [-0.39, 0.29) is 81.9 Å². The van der Waals surface area contributed by atoms with Gasteiger partial charge < -0.3 is 143 Å². The van der Waals surface area contributed by atoms with Crippen LogP contribution in [0, 0.1) is 91.9 Å². The molecule has 468 valence electrons. The van der Waals surface area contributed by atoms with Gasteiger partial charge >= 0.3 is 81.9 Å². The number of hydrogen-bond acceptors (Lipinski definition) is 30. The quantitative estimate of drug-likeness (QED) is 0.0687. The maximum atomic E-state index is 8.25. The van der Waals surface area contributed by atoms with Gasteiger partial charge in [0.1, 0.15) is 49.4 Å². The van der Waals surface area contributed by atoms with Crippen LogP contribution in [0.4, 0.5) is 0 Å². The summed E-state index contributed by atoms with van der Waals surface area (Å²) in [6.07, 6.45) is 0. The van der Waals surface area contributed by atoms with Crippen LogP contribution in [0.3, 0.4) is 0 Å². The van der Waals surface area contributed by atoms with Gasteiger partial charge in [0.2, 0.25) is 0 Å². The number of nitrogens with zero attached hydrogens (tertiary/aromatic N) is 8. The van der Waals surface area contributed by atoms with Crippen LogP contribution >= 0.6 is 0 Å². The zero-order chi connectivity index (χ0) is 63.7. The molecule has 8 rings (SSSR count). The molecule has 4 aromatic carbocycles. The Morgan fingerprint density at radius 1 is 0.270 bits per heavy atom. The van der Waals surface area contributed by atoms with E-state index in [4.69, 9.17) is 121 Å². The molecule has 4 bridgehead atoms. The van der Waals surface area contributed by atoms with Gasteiger partial charge in [-0.15, -0.1) is 0 Å². The van der Waals surface area contributed by atoms with Crippen LogP contribution in [0.5, 0.6) is 23.0 Å². The van der Waals surface area contributed by atoms with E-state index in [0.29, 0.717) is 26.4 Å². The van der Waals surface area contributed by atoms with E-state index in [1.165, 1.54) is 0 Å². The van der Waals surface area contributed by atoms with Crippen molar-refractivity contribution in [1.29, 1.82) is 0 Å². The van der Waals surface area contributed by atoms with E-state index >= 15 is 0 Å². The molecule has 0 amide bonds. The number of hydrogen-bond donors (Lipinski definition) is 6. The van der Waals surface area contributed by atoms with Crippen LogP contribution in [0.15, 0.2) is 133 Å². The standard InChI is InChI=1S/2C25H30N4O2.3Cd.6NO3/c2*1-3-10-24-20(6-1)16-27-14-12-26-13-15-28-17-21-7-2-4-11-25(21)31-19-23-9-5-8-22(29-23)18-30-24;;;;6*2-1(3)4/h2*1-11,26-28H,12-19H2;;;;;;;;;/q;;3*+2;6*-1. The van der Waals surface area contributed by atoms with Gasteiger partial charge in [-0.2, -0.15) is 0 Å². The Balaban J connectivity index is -0.00000119. The topological polar surface area (TPSA) is 532 Å². The molecule has 0 atom stereocenters. The Hall–Kier alpha value is -7.89. The fourth-order valence-electron chi connectivity index (χ4n) is 7.00. The van der Waals surface area contributed by atoms with Crippen LogP contribution < -0.4 is 50.8 Å². The summed E-state index contributed by atoms with van der Waals surface area (Å²) in [6.45, 7) is 12.0. The Bertz CT molecular complexity index is 2520. The van der Waals surface area contributed by atoms with E-state index in [9.17, 15) is 0 Å². The van der Waals surface area contributed by atoms with E-state index in [1.54, 1.807) is 0 Å². The summed E-state index contributed by atoms with van der Waals surface area (Å²) in [4.78, 5) is 58.9. The van der Waals surface area contributed by atoms with Crippen molar-refractivity contribution >= 4 is 0 Å². The predicted molar refractivity (Wildman–Crippen MR) is 306 cm³/mol. The van der Waals surface area contributed by atoms with E-state index in [1.807, 2.05) is 109 Å². The molecular formula is C50H60Cd3N14O22. The minimum Gasteiger partial charge on any atom is -0.487 e. The fraction of sp³-hybridized carbons (Fsp3) is 0.320. The summed E-state index contributed by atoms with van der Waals surface area (Å²) in [5.41, 5.74) is 8.14. The molecule has 0 unspecified atom stereocenters. The van der Waals surface area contributed by atoms with E-state index in [0.717, 1.165) is 147 Å². The minimum atomic E-state index is -1.75. The summed E-state index contributed by atoms with van der Waals surface area (Å²) in [5.74, 6) is 3.55. The summed E-state index contributed by atoms with van der Waals surface area (Å²) in [6, 6.07) is 44.6. The molecule has 39 heteroatoms. The van der Waals surface area contributed by atoms with Crippen molar-refractivity contribution in [3.05, 3.63) is 270 Å². The maximum absolute atomic E-state index is 8.25. The molecule has 0 fully saturated rings. The molecule has 0 spiro atoms. The van der Waals surface area contributed by atoms with E-state index in [2.05, 4.69) is 56.2 Å². The fourth-order valence-corrected chi connectivity index (χ4v) is 7.00. The maximum Gasteiger partial charge on any atom is 2.00 e. The zero-order valence-corrected chi connectivity index (χ0v) is 59.8. The summed E-state index contributed by atoms with van der Waals surface area (Å²) in [7, 11) is 0. The van der Waals surface area contributed by atoms with Crippen LogP contribution in [0.25, 0.3) is 0 Å². The van der Waals surface area contributed by atoms with Crippen LogP contribution in [-0.2, 0) is 135 Å².